The largest absolute Gasteiger partial charge is 0.383 e. The Morgan fingerprint density at radius 1 is 1.30 bits per heavy atom. The zero-order chi connectivity index (χ0) is 15.0. The van der Waals surface area contributed by atoms with E-state index in [9.17, 15) is 13.2 Å². The smallest absolute Gasteiger partial charge is 0.244 e. The van der Waals surface area contributed by atoms with E-state index in [-0.39, 0.29) is 5.91 Å². The number of sulfonamides is 1. The van der Waals surface area contributed by atoms with Gasteiger partial charge in [-0.2, -0.15) is 0 Å². The van der Waals surface area contributed by atoms with Crippen LogP contribution in [0.5, 0.6) is 0 Å². The maximum absolute atomic E-state index is 11.4. The molecule has 0 aromatic heterocycles. The molecule has 0 saturated carbocycles. The number of nitrogens with one attached hydrogen (secondary N) is 2. The van der Waals surface area contributed by atoms with E-state index in [0.29, 0.717) is 18.8 Å². The lowest BCUT2D eigenvalue weighted by Gasteiger charge is -2.03. The van der Waals surface area contributed by atoms with Gasteiger partial charge in [0.15, 0.2) is 0 Å². The molecule has 0 spiro atoms. The molecular weight excluding hydrogens is 280 g/mol. The normalized spacial score (nSPS) is 11.5. The molecule has 0 radical (unpaired) electrons. The molecule has 0 unspecified atom stereocenters. The average Bonchev–Trinajstić information content (AvgIpc) is 2.36. The molecule has 1 amide bonds. The van der Waals surface area contributed by atoms with Gasteiger partial charge in [-0.05, 0) is 23.8 Å². The molecule has 0 saturated heterocycles. The summed E-state index contributed by atoms with van der Waals surface area (Å²) in [5, 5.41) is 2.65. The average molecular weight is 298 g/mol. The van der Waals surface area contributed by atoms with Gasteiger partial charge in [-0.3, -0.25) is 9.52 Å². The van der Waals surface area contributed by atoms with Gasteiger partial charge in [0, 0.05) is 25.4 Å². The minimum absolute atomic E-state index is 0.208. The first-order chi connectivity index (χ1) is 9.40. The van der Waals surface area contributed by atoms with Crippen LogP contribution in [0, 0.1) is 0 Å². The van der Waals surface area contributed by atoms with Crippen LogP contribution in [0.3, 0.4) is 0 Å². The summed E-state index contributed by atoms with van der Waals surface area (Å²) in [6.07, 6.45) is 4.15. The van der Waals surface area contributed by atoms with Crippen LogP contribution in [0.1, 0.15) is 5.56 Å². The molecule has 0 aliphatic carbocycles. The van der Waals surface area contributed by atoms with E-state index in [1.54, 1.807) is 37.5 Å². The third-order valence-electron chi connectivity index (χ3n) is 2.25. The molecule has 1 rings (SSSR count). The summed E-state index contributed by atoms with van der Waals surface area (Å²) in [5.41, 5.74) is 1.28. The van der Waals surface area contributed by atoms with E-state index in [1.807, 2.05) is 0 Å². The highest BCUT2D eigenvalue weighted by molar-refractivity contribution is 7.92. The Morgan fingerprint density at radius 3 is 2.50 bits per heavy atom. The number of hydrogen-bond donors (Lipinski definition) is 2. The first-order valence-corrected chi connectivity index (χ1v) is 7.82. The second-order valence-electron chi connectivity index (χ2n) is 4.11. The fraction of sp³-hybridized carbons (Fsp3) is 0.308. The van der Waals surface area contributed by atoms with Crippen LogP contribution in [0.4, 0.5) is 5.69 Å². The standard InChI is InChI=1S/C13H18N2O4S/c1-19-10-9-14-13(16)8-5-11-3-6-12(7-4-11)15-20(2,17)18/h3-8,15H,9-10H2,1-2H3,(H,14,16)/b8-5+. The van der Waals surface area contributed by atoms with Gasteiger partial charge in [0.05, 0.1) is 12.9 Å². The topological polar surface area (TPSA) is 84.5 Å². The summed E-state index contributed by atoms with van der Waals surface area (Å²) < 4.78 is 29.3. The lowest BCUT2D eigenvalue weighted by molar-refractivity contribution is -0.116. The first kappa shape index (κ1) is 16.2. The van der Waals surface area contributed by atoms with Crippen LogP contribution in [0.25, 0.3) is 6.08 Å². The molecular formula is C13H18N2O4S. The Hall–Kier alpha value is -1.86. The Kier molecular flexibility index (Phi) is 6.20. The Labute approximate surface area is 118 Å². The van der Waals surface area contributed by atoms with Crippen molar-refractivity contribution in [1.82, 2.24) is 5.32 Å². The summed E-state index contributed by atoms with van der Waals surface area (Å²) in [5.74, 6) is -0.208. The maximum Gasteiger partial charge on any atom is 0.244 e. The number of benzene rings is 1. The van der Waals surface area contributed by atoms with E-state index in [1.165, 1.54) is 6.08 Å². The third-order valence-corrected chi connectivity index (χ3v) is 2.85. The third kappa shape index (κ3) is 6.91. The van der Waals surface area contributed by atoms with Gasteiger partial charge in [-0.15, -0.1) is 0 Å². The molecule has 7 heteroatoms. The maximum atomic E-state index is 11.4. The molecule has 0 aliphatic heterocycles. The SMILES string of the molecule is COCCNC(=O)/C=C/c1ccc(NS(C)(=O)=O)cc1. The first-order valence-electron chi connectivity index (χ1n) is 5.93. The summed E-state index contributed by atoms with van der Waals surface area (Å²) in [4.78, 5) is 11.4. The number of anilines is 1. The van der Waals surface area contributed by atoms with Crippen LogP contribution in [0.15, 0.2) is 30.3 Å². The molecule has 0 aliphatic rings. The highest BCUT2D eigenvalue weighted by Gasteiger charge is 2.00. The van der Waals surface area contributed by atoms with Gasteiger partial charge < -0.3 is 10.1 Å². The van der Waals surface area contributed by atoms with Crippen molar-refractivity contribution in [3.63, 3.8) is 0 Å². The minimum atomic E-state index is -3.27. The second-order valence-corrected chi connectivity index (χ2v) is 5.86. The molecule has 20 heavy (non-hydrogen) atoms. The van der Waals surface area contributed by atoms with E-state index >= 15 is 0 Å². The van der Waals surface area contributed by atoms with Crippen LogP contribution in [-0.2, 0) is 19.6 Å². The molecule has 0 heterocycles. The Bertz CT molecular complexity index is 565. The number of hydrogen-bond acceptors (Lipinski definition) is 4. The van der Waals surface area contributed by atoms with Crippen LogP contribution in [-0.4, -0.2) is 40.8 Å². The Balaban J connectivity index is 2.54. The van der Waals surface area contributed by atoms with Crippen LogP contribution < -0.4 is 10.0 Å². The van der Waals surface area contributed by atoms with Gasteiger partial charge in [0.2, 0.25) is 15.9 Å². The van der Waals surface area contributed by atoms with Crippen molar-refractivity contribution in [2.45, 2.75) is 0 Å². The van der Waals surface area contributed by atoms with Crippen LogP contribution >= 0.6 is 0 Å². The number of ether oxygens (including phenoxy) is 1. The number of rotatable bonds is 7. The molecule has 1 aromatic carbocycles. The Morgan fingerprint density at radius 2 is 1.95 bits per heavy atom. The van der Waals surface area contributed by atoms with Crippen LogP contribution in [0.2, 0.25) is 0 Å². The van der Waals surface area contributed by atoms with Gasteiger partial charge in [0.1, 0.15) is 0 Å². The monoisotopic (exact) mass is 298 g/mol. The van der Waals surface area contributed by atoms with Crippen molar-refractivity contribution in [2.75, 3.05) is 31.2 Å². The van der Waals surface area contributed by atoms with E-state index in [4.69, 9.17) is 4.74 Å². The molecule has 2 N–H and O–H groups in total. The summed E-state index contributed by atoms with van der Waals surface area (Å²) in [6.45, 7) is 0.919. The molecule has 6 nitrogen and oxygen atoms in total. The highest BCUT2D eigenvalue weighted by atomic mass is 32.2. The van der Waals surface area contributed by atoms with Crippen molar-refractivity contribution in [2.24, 2.45) is 0 Å². The van der Waals surface area contributed by atoms with E-state index < -0.39 is 10.0 Å². The van der Waals surface area contributed by atoms with Crippen molar-refractivity contribution in [3.05, 3.63) is 35.9 Å². The van der Waals surface area contributed by atoms with Gasteiger partial charge in [-0.25, -0.2) is 8.42 Å². The fourth-order valence-electron chi connectivity index (χ4n) is 1.38. The summed E-state index contributed by atoms with van der Waals surface area (Å²) >= 11 is 0. The zero-order valence-electron chi connectivity index (χ0n) is 11.4. The molecule has 0 atom stereocenters. The lowest BCUT2D eigenvalue weighted by atomic mass is 10.2. The highest BCUT2D eigenvalue weighted by Crippen LogP contribution is 2.11. The molecule has 110 valence electrons. The number of carbonyl (C=O) groups is 1. The minimum Gasteiger partial charge on any atom is -0.383 e. The lowest BCUT2D eigenvalue weighted by Crippen LogP contribution is -2.24. The van der Waals surface area contributed by atoms with Gasteiger partial charge >= 0.3 is 0 Å². The fourth-order valence-corrected chi connectivity index (χ4v) is 1.95. The van der Waals surface area contributed by atoms with Gasteiger partial charge in [0.25, 0.3) is 0 Å². The van der Waals surface area contributed by atoms with Gasteiger partial charge in [-0.1, -0.05) is 12.1 Å². The molecule has 0 bridgehead atoms. The van der Waals surface area contributed by atoms with E-state index in [2.05, 4.69) is 10.0 Å². The number of amides is 1. The summed E-state index contributed by atoms with van der Waals surface area (Å²) in [7, 11) is -1.71. The predicted molar refractivity (Wildman–Crippen MR) is 78.8 cm³/mol. The summed E-state index contributed by atoms with van der Waals surface area (Å²) in [6, 6.07) is 6.69. The predicted octanol–water partition coefficient (Wildman–Crippen LogP) is 0.834. The molecule has 1 aromatic rings. The van der Waals surface area contributed by atoms with Crippen molar-refractivity contribution < 1.29 is 17.9 Å². The molecule has 0 fully saturated rings. The quantitative estimate of drug-likeness (QED) is 0.577. The van der Waals surface area contributed by atoms with Crippen molar-refractivity contribution in [3.8, 4) is 0 Å². The van der Waals surface area contributed by atoms with Crippen molar-refractivity contribution >= 4 is 27.7 Å². The number of methoxy groups -OCH3 is 1. The van der Waals surface area contributed by atoms with Crippen molar-refractivity contribution in [1.29, 1.82) is 0 Å². The number of carbonyl (C=O) groups excluding carboxylic acids is 1. The van der Waals surface area contributed by atoms with E-state index in [0.717, 1.165) is 11.8 Å². The zero-order valence-corrected chi connectivity index (χ0v) is 12.2. The second kappa shape index (κ2) is 7.66.